The van der Waals surface area contributed by atoms with Gasteiger partial charge in [0.15, 0.2) is 16.6 Å². The molecule has 138 valence electrons. The average molecular weight is 431 g/mol. The second-order valence-electron chi connectivity index (χ2n) is 5.36. The molecule has 1 aromatic rings. The second kappa shape index (κ2) is 10.5. The van der Waals surface area contributed by atoms with E-state index in [9.17, 15) is 5.11 Å². The first kappa shape index (κ1) is 19.9. The Morgan fingerprint density at radius 1 is 1.48 bits per heavy atom. The number of hydrogen-bond donors (Lipinski definition) is 3. The van der Waals surface area contributed by atoms with Gasteiger partial charge in [-0.3, -0.25) is 10.3 Å². The summed E-state index contributed by atoms with van der Waals surface area (Å²) in [6.07, 6.45) is 1.61. The summed E-state index contributed by atoms with van der Waals surface area (Å²) in [6.45, 7) is 7.48. The lowest BCUT2D eigenvalue weighted by Crippen LogP contribution is -2.42. The molecule has 3 N–H and O–H groups in total. The van der Waals surface area contributed by atoms with E-state index in [4.69, 9.17) is 21.7 Å². The SMILES string of the molecule is CCOc1cc(/C=N/NC(=S)NCCN2CCOCC2)cc(Br)c1O. The molecule has 2 rings (SSSR count). The van der Waals surface area contributed by atoms with Gasteiger partial charge >= 0.3 is 0 Å². The number of benzene rings is 1. The third kappa shape index (κ3) is 6.77. The maximum atomic E-state index is 9.90. The van der Waals surface area contributed by atoms with E-state index >= 15 is 0 Å². The maximum Gasteiger partial charge on any atom is 0.187 e. The first-order chi connectivity index (χ1) is 12.1. The molecule has 25 heavy (non-hydrogen) atoms. The fourth-order valence-corrected chi connectivity index (χ4v) is 2.91. The molecule has 0 bridgehead atoms. The van der Waals surface area contributed by atoms with E-state index < -0.39 is 0 Å². The summed E-state index contributed by atoms with van der Waals surface area (Å²) in [5.74, 6) is 0.483. The Morgan fingerprint density at radius 3 is 2.96 bits per heavy atom. The van der Waals surface area contributed by atoms with Crippen molar-refractivity contribution in [2.45, 2.75) is 6.92 Å². The van der Waals surface area contributed by atoms with Crippen molar-refractivity contribution in [3.8, 4) is 11.5 Å². The van der Waals surface area contributed by atoms with Crippen molar-refractivity contribution in [3.63, 3.8) is 0 Å². The second-order valence-corrected chi connectivity index (χ2v) is 6.62. The van der Waals surface area contributed by atoms with Crippen LogP contribution >= 0.6 is 28.1 Å². The number of hydrogen-bond acceptors (Lipinski definition) is 6. The van der Waals surface area contributed by atoms with Gasteiger partial charge in [-0.1, -0.05) is 0 Å². The van der Waals surface area contributed by atoms with Crippen LogP contribution in [0.2, 0.25) is 0 Å². The van der Waals surface area contributed by atoms with Crippen LogP contribution in [0.3, 0.4) is 0 Å². The Kier molecular flexibility index (Phi) is 8.39. The van der Waals surface area contributed by atoms with Crippen LogP contribution in [0.1, 0.15) is 12.5 Å². The summed E-state index contributed by atoms with van der Waals surface area (Å²) < 4.78 is 11.2. The molecule has 0 saturated carbocycles. The van der Waals surface area contributed by atoms with Gasteiger partial charge in [0.1, 0.15) is 0 Å². The summed E-state index contributed by atoms with van der Waals surface area (Å²) in [4.78, 5) is 2.33. The lowest BCUT2D eigenvalue weighted by molar-refractivity contribution is 0.0389. The van der Waals surface area contributed by atoms with Crippen molar-refractivity contribution in [1.82, 2.24) is 15.6 Å². The number of hydrazone groups is 1. The van der Waals surface area contributed by atoms with Gasteiger partial charge in [-0.05, 0) is 52.8 Å². The summed E-state index contributed by atoms with van der Waals surface area (Å²) in [5.41, 5.74) is 3.56. The first-order valence-electron chi connectivity index (χ1n) is 8.12. The smallest absolute Gasteiger partial charge is 0.187 e. The molecule has 1 saturated heterocycles. The number of morpholine rings is 1. The average Bonchev–Trinajstić information content (AvgIpc) is 2.60. The fourth-order valence-electron chi connectivity index (χ4n) is 2.29. The number of thiocarbonyl (C=S) groups is 1. The Labute approximate surface area is 161 Å². The Bertz CT molecular complexity index is 609. The van der Waals surface area contributed by atoms with E-state index in [2.05, 4.69) is 36.7 Å². The molecule has 1 heterocycles. The van der Waals surface area contributed by atoms with Gasteiger partial charge in [-0.15, -0.1) is 0 Å². The van der Waals surface area contributed by atoms with Crippen LogP contribution < -0.4 is 15.5 Å². The van der Waals surface area contributed by atoms with Gasteiger partial charge in [0.05, 0.1) is 30.5 Å². The number of phenolic OH excluding ortho intramolecular Hbond substituents is 1. The minimum absolute atomic E-state index is 0.0762. The molecule has 0 spiro atoms. The van der Waals surface area contributed by atoms with Crippen molar-refractivity contribution < 1.29 is 14.6 Å². The molecule has 0 unspecified atom stereocenters. The highest BCUT2D eigenvalue weighted by atomic mass is 79.9. The van der Waals surface area contributed by atoms with Crippen molar-refractivity contribution in [2.75, 3.05) is 46.0 Å². The molecule has 0 atom stereocenters. The van der Waals surface area contributed by atoms with E-state index in [1.54, 1.807) is 18.3 Å². The monoisotopic (exact) mass is 430 g/mol. The minimum atomic E-state index is 0.0762. The van der Waals surface area contributed by atoms with E-state index in [0.29, 0.717) is 21.9 Å². The topological polar surface area (TPSA) is 78.4 Å². The molecule has 0 radical (unpaired) electrons. The Morgan fingerprint density at radius 2 is 2.24 bits per heavy atom. The normalized spacial score (nSPS) is 15.3. The number of nitrogens with zero attached hydrogens (tertiary/aromatic N) is 2. The Balaban J connectivity index is 1.76. The Hall–Kier alpha value is -1.42. The first-order valence-corrected chi connectivity index (χ1v) is 9.32. The third-order valence-electron chi connectivity index (χ3n) is 3.55. The van der Waals surface area contributed by atoms with Crippen LogP contribution in [0.25, 0.3) is 0 Å². The largest absolute Gasteiger partial charge is 0.503 e. The molecular weight excluding hydrogens is 408 g/mol. The molecule has 9 heteroatoms. The van der Waals surface area contributed by atoms with Crippen molar-refractivity contribution in [1.29, 1.82) is 0 Å². The van der Waals surface area contributed by atoms with Crippen molar-refractivity contribution in [2.24, 2.45) is 5.10 Å². The van der Waals surface area contributed by atoms with E-state index in [1.807, 2.05) is 6.92 Å². The minimum Gasteiger partial charge on any atom is -0.503 e. The van der Waals surface area contributed by atoms with E-state index in [-0.39, 0.29) is 5.75 Å². The number of halogens is 1. The van der Waals surface area contributed by atoms with Crippen LogP contribution in [-0.2, 0) is 4.74 Å². The van der Waals surface area contributed by atoms with Crippen molar-refractivity contribution >= 4 is 39.5 Å². The van der Waals surface area contributed by atoms with Crippen LogP contribution in [0.4, 0.5) is 0 Å². The van der Waals surface area contributed by atoms with E-state index in [0.717, 1.165) is 45.0 Å². The number of nitrogens with one attached hydrogen (secondary N) is 2. The fraction of sp³-hybridized carbons (Fsp3) is 0.500. The van der Waals surface area contributed by atoms with Gasteiger partial charge in [0.25, 0.3) is 0 Å². The summed E-state index contributed by atoms with van der Waals surface area (Å²) in [5, 5.41) is 17.6. The van der Waals surface area contributed by atoms with Crippen LogP contribution in [-0.4, -0.2) is 67.3 Å². The molecule has 0 amide bonds. The van der Waals surface area contributed by atoms with Gasteiger partial charge in [0.2, 0.25) is 0 Å². The number of phenols is 1. The van der Waals surface area contributed by atoms with Gasteiger partial charge in [0, 0.05) is 26.2 Å². The molecule has 1 fully saturated rings. The predicted octanol–water partition coefficient (Wildman–Crippen LogP) is 1.68. The molecule has 0 aromatic heterocycles. The quantitative estimate of drug-likeness (QED) is 0.345. The lowest BCUT2D eigenvalue weighted by atomic mass is 10.2. The molecule has 1 aromatic carbocycles. The van der Waals surface area contributed by atoms with Gasteiger partial charge in [-0.25, -0.2) is 0 Å². The zero-order valence-electron chi connectivity index (χ0n) is 14.1. The standard InChI is InChI=1S/C16H23BrN4O3S/c1-2-24-14-10-12(9-13(17)15(14)22)11-19-20-16(25)18-3-4-21-5-7-23-8-6-21/h9-11,22H,2-8H2,1H3,(H2,18,20,25)/b19-11+. The summed E-state index contributed by atoms with van der Waals surface area (Å²) >= 11 is 8.49. The van der Waals surface area contributed by atoms with Crippen molar-refractivity contribution in [3.05, 3.63) is 22.2 Å². The van der Waals surface area contributed by atoms with Gasteiger partial charge < -0.3 is 19.9 Å². The van der Waals surface area contributed by atoms with Crippen LogP contribution in [0.5, 0.6) is 11.5 Å². The molecule has 0 aliphatic carbocycles. The number of ether oxygens (including phenoxy) is 2. The highest BCUT2D eigenvalue weighted by molar-refractivity contribution is 9.10. The highest BCUT2D eigenvalue weighted by Crippen LogP contribution is 2.34. The lowest BCUT2D eigenvalue weighted by Gasteiger charge is -2.26. The maximum absolute atomic E-state index is 9.90. The highest BCUT2D eigenvalue weighted by Gasteiger charge is 2.10. The molecule has 7 nitrogen and oxygen atoms in total. The molecule has 1 aliphatic heterocycles. The zero-order valence-corrected chi connectivity index (χ0v) is 16.5. The summed E-state index contributed by atoms with van der Waals surface area (Å²) in [6, 6.07) is 3.46. The summed E-state index contributed by atoms with van der Waals surface area (Å²) in [7, 11) is 0. The van der Waals surface area contributed by atoms with Gasteiger partial charge in [-0.2, -0.15) is 5.10 Å². The van der Waals surface area contributed by atoms with Crippen LogP contribution in [0.15, 0.2) is 21.7 Å². The molecule has 1 aliphatic rings. The van der Waals surface area contributed by atoms with Crippen LogP contribution in [0, 0.1) is 0 Å². The number of aromatic hydroxyl groups is 1. The number of rotatable bonds is 7. The predicted molar refractivity (Wildman–Crippen MR) is 106 cm³/mol. The zero-order chi connectivity index (χ0) is 18.1. The molecular formula is C16H23BrN4O3S. The third-order valence-corrected chi connectivity index (χ3v) is 4.39. The van der Waals surface area contributed by atoms with E-state index in [1.165, 1.54) is 0 Å².